The predicted octanol–water partition coefficient (Wildman–Crippen LogP) is 0.925. The zero-order valence-corrected chi connectivity index (χ0v) is 8.14. The monoisotopic (exact) mass is 194 g/mol. The molecule has 0 saturated carbocycles. The van der Waals surface area contributed by atoms with Crippen molar-refractivity contribution in [2.75, 3.05) is 0 Å². The van der Waals surface area contributed by atoms with Crippen LogP contribution in [0.15, 0.2) is 15.0 Å². The van der Waals surface area contributed by atoms with Gasteiger partial charge in [-0.05, 0) is 6.42 Å². The molecule has 0 aromatic carbocycles. The Bertz CT molecular complexity index is 329. The molecule has 0 spiro atoms. The second kappa shape index (κ2) is 3.33. The van der Waals surface area contributed by atoms with Crippen LogP contribution in [0.25, 0.3) is 0 Å². The summed E-state index contributed by atoms with van der Waals surface area (Å²) in [6.45, 7) is 2.11. The van der Waals surface area contributed by atoms with Gasteiger partial charge in [-0.15, -0.1) is 0 Å². The Morgan fingerprint density at radius 2 is 2.46 bits per heavy atom. The summed E-state index contributed by atoms with van der Waals surface area (Å²) in [4.78, 5) is 13.0. The first-order chi connectivity index (χ1) is 6.31. The molecule has 1 unspecified atom stereocenters. The number of hydrogen-bond donors (Lipinski definition) is 1. The zero-order valence-electron chi connectivity index (χ0n) is 7.32. The van der Waals surface area contributed by atoms with Gasteiger partial charge >= 0.3 is 0 Å². The third kappa shape index (κ3) is 1.51. The Morgan fingerprint density at radius 3 is 3.15 bits per heavy atom. The highest BCUT2D eigenvalue weighted by molar-refractivity contribution is 7.80. The molecule has 1 atom stereocenters. The molecule has 0 amide bonds. The number of nitrogens with zero attached hydrogens (tertiary/aromatic N) is 3. The number of nitrogens with one attached hydrogen (secondary N) is 1. The van der Waals surface area contributed by atoms with Gasteiger partial charge in [0.05, 0.1) is 0 Å². The molecule has 13 heavy (non-hydrogen) atoms. The van der Waals surface area contributed by atoms with Crippen molar-refractivity contribution in [1.82, 2.24) is 5.32 Å². The van der Waals surface area contributed by atoms with E-state index in [9.17, 15) is 0 Å². The summed E-state index contributed by atoms with van der Waals surface area (Å²) < 4.78 is 0. The fourth-order valence-corrected chi connectivity index (χ4v) is 1.53. The van der Waals surface area contributed by atoms with Gasteiger partial charge in [0.1, 0.15) is 23.0 Å². The van der Waals surface area contributed by atoms with Gasteiger partial charge in [-0.2, -0.15) is 0 Å². The van der Waals surface area contributed by atoms with Gasteiger partial charge in [0.25, 0.3) is 0 Å². The molecule has 4 nitrogen and oxygen atoms in total. The largest absolute Gasteiger partial charge is 0.330 e. The standard InChI is InChI=1S/C8H10N4S/c1-2-3-5-11-6-7(12-5)9-4-10-8(6)13/h4,6H,2-3H2,1H3,(H,9,10,11,12,13). The van der Waals surface area contributed by atoms with Crippen molar-refractivity contribution in [3.05, 3.63) is 0 Å². The number of aliphatic imine (C=N–C) groups is 3. The van der Waals surface area contributed by atoms with E-state index in [4.69, 9.17) is 12.2 Å². The maximum atomic E-state index is 5.05. The highest BCUT2D eigenvalue weighted by atomic mass is 32.1. The Balaban J connectivity index is 2.18. The van der Waals surface area contributed by atoms with E-state index in [0.29, 0.717) is 4.99 Å². The molecule has 5 heteroatoms. The number of rotatable bonds is 2. The average Bonchev–Trinajstić information content (AvgIpc) is 2.49. The lowest BCUT2D eigenvalue weighted by molar-refractivity contribution is 0.972. The molecule has 0 aromatic heterocycles. The van der Waals surface area contributed by atoms with Crippen molar-refractivity contribution in [3.8, 4) is 0 Å². The number of amidine groups is 2. The quantitative estimate of drug-likeness (QED) is 0.665. The Hall–Kier alpha value is -1.10. The third-order valence-electron chi connectivity index (χ3n) is 1.92. The maximum absolute atomic E-state index is 5.05. The molecule has 0 fully saturated rings. The van der Waals surface area contributed by atoms with E-state index < -0.39 is 0 Å². The zero-order chi connectivity index (χ0) is 9.26. The summed E-state index contributed by atoms with van der Waals surface area (Å²) in [5.74, 6) is 1.79. The van der Waals surface area contributed by atoms with E-state index >= 15 is 0 Å². The molecule has 68 valence electrons. The third-order valence-corrected chi connectivity index (χ3v) is 2.25. The van der Waals surface area contributed by atoms with Gasteiger partial charge in [0.15, 0.2) is 6.04 Å². The van der Waals surface area contributed by atoms with Crippen LogP contribution in [0, 0.1) is 0 Å². The minimum Gasteiger partial charge on any atom is -0.330 e. The smallest absolute Gasteiger partial charge is 0.162 e. The molecule has 0 aromatic rings. The predicted molar refractivity (Wildman–Crippen MR) is 57.8 cm³/mol. The van der Waals surface area contributed by atoms with Crippen LogP contribution in [0.1, 0.15) is 19.8 Å². The van der Waals surface area contributed by atoms with Crippen molar-refractivity contribution in [3.63, 3.8) is 0 Å². The molecule has 2 aliphatic rings. The SMILES string of the molecule is CCCC1=NC2C(=S)N=CN=C2N1. The highest BCUT2D eigenvalue weighted by Crippen LogP contribution is 2.10. The fraction of sp³-hybridized carbons (Fsp3) is 0.500. The Morgan fingerprint density at radius 1 is 1.62 bits per heavy atom. The van der Waals surface area contributed by atoms with E-state index in [2.05, 4.69) is 27.2 Å². The average molecular weight is 194 g/mol. The summed E-state index contributed by atoms with van der Waals surface area (Å²) in [5, 5.41) is 3.15. The van der Waals surface area contributed by atoms with Gasteiger partial charge in [0, 0.05) is 6.42 Å². The molecule has 2 rings (SSSR count). The summed E-state index contributed by atoms with van der Waals surface area (Å²) in [6.07, 6.45) is 3.49. The molecule has 0 radical (unpaired) electrons. The van der Waals surface area contributed by atoms with Crippen molar-refractivity contribution < 1.29 is 0 Å². The highest BCUT2D eigenvalue weighted by Gasteiger charge is 2.28. The minimum absolute atomic E-state index is 0.124. The second-order valence-corrected chi connectivity index (χ2v) is 3.37. The van der Waals surface area contributed by atoms with E-state index in [0.717, 1.165) is 24.5 Å². The number of hydrogen-bond acceptors (Lipinski definition) is 4. The van der Waals surface area contributed by atoms with Gasteiger partial charge in [-0.25, -0.2) is 9.98 Å². The lowest BCUT2D eigenvalue weighted by Gasteiger charge is -2.08. The lowest BCUT2D eigenvalue weighted by Crippen LogP contribution is -2.34. The van der Waals surface area contributed by atoms with E-state index in [1.807, 2.05) is 0 Å². The molecule has 2 heterocycles. The molecular formula is C8H10N4S. The summed E-state index contributed by atoms with van der Waals surface area (Å²) in [5.41, 5.74) is 0. The topological polar surface area (TPSA) is 49.1 Å². The van der Waals surface area contributed by atoms with Crippen molar-refractivity contribution in [2.45, 2.75) is 25.8 Å². The van der Waals surface area contributed by atoms with Crippen molar-refractivity contribution >= 4 is 35.2 Å². The second-order valence-electron chi connectivity index (χ2n) is 2.95. The van der Waals surface area contributed by atoms with Gasteiger partial charge in [-0.1, -0.05) is 19.1 Å². The number of fused-ring (bicyclic) bond motifs is 1. The summed E-state index contributed by atoms with van der Waals surface area (Å²) in [7, 11) is 0. The normalized spacial score (nSPS) is 25.0. The van der Waals surface area contributed by atoms with Crippen LogP contribution in [0.5, 0.6) is 0 Å². The first kappa shape index (κ1) is 8.50. The molecule has 2 aliphatic heterocycles. The molecular weight excluding hydrogens is 184 g/mol. The van der Waals surface area contributed by atoms with Crippen molar-refractivity contribution in [2.24, 2.45) is 15.0 Å². The van der Waals surface area contributed by atoms with Crippen molar-refractivity contribution in [1.29, 1.82) is 0 Å². The van der Waals surface area contributed by atoms with Crippen LogP contribution in [0.2, 0.25) is 0 Å². The van der Waals surface area contributed by atoms with E-state index in [-0.39, 0.29) is 6.04 Å². The molecule has 0 saturated heterocycles. The fourth-order valence-electron chi connectivity index (χ4n) is 1.32. The summed E-state index contributed by atoms with van der Waals surface area (Å²) >= 11 is 5.05. The van der Waals surface area contributed by atoms with Crippen LogP contribution in [0.4, 0.5) is 0 Å². The van der Waals surface area contributed by atoms with Gasteiger partial charge in [-0.3, -0.25) is 4.99 Å². The first-order valence-electron chi connectivity index (χ1n) is 4.29. The van der Waals surface area contributed by atoms with Crippen LogP contribution in [-0.4, -0.2) is 29.0 Å². The summed E-state index contributed by atoms with van der Waals surface area (Å²) in [6, 6.07) is -0.124. The minimum atomic E-state index is -0.124. The van der Waals surface area contributed by atoms with Crippen LogP contribution in [0.3, 0.4) is 0 Å². The first-order valence-corrected chi connectivity index (χ1v) is 4.70. The van der Waals surface area contributed by atoms with Gasteiger partial charge < -0.3 is 5.32 Å². The lowest BCUT2D eigenvalue weighted by atomic mass is 10.3. The Labute approximate surface area is 81.9 Å². The molecule has 0 aliphatic carbocycles. The van der Waals surface area contributed by atoms with Crippen LogP contribution >= 0.6 is 12.2 Å². The van der Waals surface area contributed by atoms with Gasteiger partial charge in [0.2, 0.25) is 0 Å². The van der Waals surface area contributed by atoms with E-state index in [1.54, 1.807) is 0 Å². The van der Waals surface area contributed by atoms with Crippen LogP contribution in [-0.2, 0) is 0 Å². The molecule has 0 bridgehead atoms. The van der Waals surface area contributed by atoms with E-state index in [1.165, 1.54) is 6.34 Å². The molecule has 1 N–H and O–H groups in total. The van der Waals surface area contributed by atoms with Crippen LogP contribution < -0.4 is 5.32 Å². The maximum Gasteiger partial charge on any atom is 0.162 e. The number of thiocarbonyl (C=S) groups is 1. The Kier molecular flexibility index (Phi) is 2.18.